The molecule has 152 valence electrons. The summed E-state index contributed by atoms with van der Waals surface area (Å²) in [5.41, 5.74) is 0. The normalized spacial score (nSPS) is 29.3. The number of nitrogens with zero attached hydrogens (tertiary/aromatic N) is 1. The zero-order chi connectivity index (χ0) is 19.2. The monoisotopic (exact) mass is 369 g/mol. The van der Waals surface area contributed by atoms with E-state index in [4.69, 9.17) is 5.26 Å². The Hall–Kier alpha value is -1.03. The Balaban J connectivity index is 1.50. The van der Waals surface area contributed by atoms with Crippen LogP contribution in [0.5, 0.6) is 0 Å². The van der Waals surface area contributed by atoms with Crippen molar-refractivity contribution in [1.29, 1.82) is 5.26 Å². The van der Waals surface area contributed by atoms with Gasteiger partial charge in [-0.3, -0.25) is 0 Å². The zero-order valence-electron chi connectivity index (χ0n) is 17.9. The van der Waals surface area contributed by atoms with E-state index in [2.05, 4.69) is 13.0 Å². The van der Waals surface area contributed by atoms with Crippen LogP contribution in [0.3, 0.4) is 0 Å². The van der Waals surface area contributed by atoms with Gasteiger partial charge in [0, 0.05) is 6.08 Å². The minimum Gasteiger partial charge on any atom is -0.193 e. The predicted octanol–water partition coefficient (Wildman–Crippen LogP) is 8.38. The van der Waals surface area contributed by atoms with E-state index in [1.165, 1.54) is 103 Å². The summed E-state index contributed by atoms with van der Waals surface area (Å²) in [5.74, 6) is 4.09. The molecular weight excluding hydrogens is 326 g/mol. The van der Waals surface area contributed by atoms with E-state index in [1.54, 1.807) is 6.08 Å². The highest BCUT2D eigenvalue weighted by Crippen LogP contribution is 2.38. The number of hydrogen-bond acceptors (Lipinski definition) is 1. The number of rotatable bonds is 11. The Morgan fingerprint density at radius 3 is 1.74 bits per heavy atom. The second kappa shape index (κ2) is 14.0. The largest absolute Gasteiger partial charge is 0.193 e. The molecule has 0 amide bonds. The van der Waals surface area contributed by atoms with Crippen molar-refractivity contribution in [3.05, 3.63) is 24.3 Å². The highest BCUT2D eigenvalue weighted by atomic mass is 14.3. The fourth-order valence-corrected chi connectivity index (χ4v) is 5.38. The van der Waals surface area contributed by atoms with Crippen LogP contribution in [0.25, 0.3) is 0 Å². The maximum absolute atomic E-state index is 8.46. The van der Waals surface area contributed by atoms with E-state index < -0.39 is 0 Å². The van der Waals surface area contributed by atoms with Gasteiger partial charge in [-0.15, -0.1) is 0 Å². The molecule has 0 spiro atoms. The highest BCUT2D eigenvalue weighted by molar-refractivity contribution is 5.11. The van der Waals surface area contributed by atoms with Crippen molar-refractivity contribution in [3.63, 3.8) is 0 Å². The minimum atomic E-state index is 0.949. The number of unbranched alkanes of at least 4 members (excludes halogenated alkanes) is 2. The molecule has 0 heterocycles. The summed E-state index contributed by atoms with van der Waals surface area (Å²) in [4.78, 5) is 0. The summed E-state index contributed by atoms with van der Waals surface area (Å²) < 4.78 is 0. The molecule has 0 aromatic carbocycles. The Bertz CT molecular complexity index is 453. The molecule has 0 bridgehead atoms. The van der Waals surface area contributed by atoms with E-state index in [-0.39, 0.29) is 0 Å². The van der Waals surface area contributed by atoms with E-state index >= 15 is 0 Å². The molecule has 0 atom stereocenters. The summed E-state index contributed by atoms with van der Waals surface area (Å²) in [7, 11) is 0. The fourth-order valence-electron chi connectivity index (χ4n) is 5.38. The minimum absolute atomic E-state index is 0.949. The zero-order valence-corrected chi connectivity index (χ0v) is 17.9. The van der Waals surface area contributed by atoms with Crippen molar-refractivity contribution in [2.75, 3.05) is 0 Å². The van der Waals surface area contributed by atoms with Gasteiger partial charge in [-0.05, 0) is 36.5 Å². The molecule has 0 aromatic heterocycles. The van der Waals surface area contributed by atoms with Gasteiger partial charge in [-0.1, -0.05) is 115 Å². The van der Waals surface area contributed by atoms with Gasteiger partial charge < -0.3 is 0 Å². The number of hydrogen-bond donors (Lipinski definition) is 0. The van der Waals surface area contributed by atoms with Gasteiger partial charge in [0.15, 0.2) is 0 Å². The average molecular weight is 370 g/mol. The molecule has 0 unspecified atom stereocenters. The molecule has 0 radical (unpaired) electrons. The van der Waals surface area contributed by atoms with Crippen molar-refractivity contribution in [2.24, 2.45) is 23.7 Å². The molecule has 0 N–H and O–H groups in total. The third kappa shape index (κ3) is 9.64. The standard InChI is InChI=1S/C26H43N/c1-2-3-7-10-23-12-16-25(17-13-23)20-21-26-18-14-24(15-19-26)11-8-5-4-6-9-22-27/h4-6,9,23-26H,2-3,7-8,10-21H2,1H3/t23-,24?,25-,26?. The van der Waals surface area contributed by atoms with Gasteiger partial charge >= 0.3 is 0 Å². The van der Waals surface area contributed by atoms with Crippen molar-refractivity contribution < 1.29 is 0 Å². The lowest BCUT2D eigenvalue weighted by atomic mass is 9.74. The van der Waals surface area contributed by atoms with Gasteiger partial charge in [0.1, 0.15) is 0 Å². The van der Waals surface area contributed by atoms with Gasteiger partial charge in [0.05, 0.1) is 6.07 Å². The molecule has 1 nitrogen and oxygen atoms in total. The summed E-state index contributed by atoms with van der Waals surface area (Å²) in [6.07, 6.45) is 30.9. The fraction of sp³-hybridized carbons (Fsp3) is 0.808. The lowest BCUT2D eigenvalue weighted by molar-refractivity contribution is 0.209. The third-order valence-corrected chi connectivity index (χ3v) is 7.29. The number of allylic oxidation sites excluding steroid dienone is 4. The quantitative estimate of drug-likeness (QED) is 0.204. The number of nitriles is 1. The van der Waals surface area contributed by atoms with Crippen LogP contribution in [0.15, 0.2) is 24.3 Å². The topological polar surface area (TPSA) is 23.8 Å². The Kier molecular flexibility index (Phi) is 11.6. The van der Waals surface area contributed by atoms with Crippen molar-refractivity contribution >= 4 is 0 Å². The van der Waals surface area contributed by atoms with Crippen molar-refractivity contribution in [3.8, 4) is 6.07 Å². The summed E-state index contributed by atoms with van der Waals surface area (Å²) in [6, 6.07) is 2.03. The molecule has 0 aliphatic heterocycles. The van der Waals surface area contributed by atoms with Crippen molar-refractivity contribution in [2.45, 2.75) is 110 Å². The maximum Gasteiger partial charge on any atom is 0.0912 e. The molecule has 2 rings (SSSR count). The molecule has 0 aromatic rings. The van der Waals surface area contributed by atoms with Crippen molar-refractivity contribution in [1.82, 2.24) is 0 Å². The molecule has 2 saturated carbocycles. The Morgan fingerprint density at radius 2 is 1.22 bits per heavy atom. The Labute approximate surface area is 169 Å². The van der Waals surface area contributed by atoms with Crippen LogP contribution in [-0.2, 0) is 0 Å². The third-order valence-electron chi connectivity index (χ3n) is 7.29. The van der Waals surface area contributed by atoms with E-state index in [1.807, 2.05) is 18.2 Å². The smallest absolute Gasteiger partial charge is 0.0912 e. The molecule has 0 saturated heterocycles. The van der Waals surface area contributed by atoms with Crippen LogP contribution in [0.4, 0.5) is 0 Å². The highest BCUT2D eigenvalue weighted by Gasteiger charge is 2.24. The van der Waals surface area contributed by atoms with Crippen LogP contribution in [-0.4, -0.2) is 0 Å². The van der Waals surface area contributed by atoms with E-state index in [9.17, 15) is 0 Å². The first-order chi connectivity index (χ1) is 13.3. The predicted molar refractivity (Wildman–Crippen MR) is 117 cm³/mol. The molecule has 2 aliphatic rings. The van der Waals surface area contributed by atoms with Crippen LogP contribution < -0.4 is 0 Å². The average Bonchev–Trinajstić information content (AvgIpc) is 2.71. The van der Waals surface area contributed by atoms with Gasteiger partial charge in [-0.25, -0.2) is 0 Å². The van der Waals surface area contributed by atoms with E-state index in [0.29, 0.717) is 0 Å². The second-order valence-corrected chi connectivity index (χ2v) is 9.34. The maximum atomic E-state index is 8.46. The molecule has 1 heteroatoms. The van der Waals surface area contributed by atoms with Crippen LogP contribution >= 0.6 is 0 Å². The van der Waals surface area contributed by atoms with Crippen LogP contribution in [0, 0.1) is 35.0 Å². The lowest BCUT2D eigenvalue weighted by Crippen LogP contribution is -2.18. The summed E-state index contributed by atoms with van der Waals surface area (Å²) >= 11 is 0. The first-order valence-corrected chi connectivity index (χ1v) is 12.0. The first kappa shape index (κ1) is 22.3. The summed E-state index contributed by atoms with van der Waals surface area (Å²) in [5, 5.41) is 8.46. The molecule has 2 aliphatic carbocycles. The van der Waals surface area contributed by atoms with E-state index in [0.717, 1.165) is 23.7 Å². The SMILES string of the molecule is CCCCC[C@H]1CC[C@H](CCC2CCC(CCC=CC=CC#N)CC2)CC1. The van der Waals surface area contributed by atoms with Gasteiger partial charge in [0.25, 0.3) is 0 Å². The molecule has 27 heavy (non-hydrogen) atoms. The summed E-state index contributed by atoms with van der Waals surface area (Å²) in [6.45, 7) is 2.32. The molecular formula is C26H43N. The van der Waals surface area contributed by atoms with Crippen LogP contribution in [0.1, 0.15) is 110 Å². The molecule has 2 fully saturated rings. The first-order valence-electron chi connectivity index (χ1n) is 12.0. The second-order valence-electron chi connectivity index (χ2n) is 9.34. The Morgan fingerprint density at radius 1 is 0.704 bits per heavy atom. The lowest BCUT2D eigenvalue weighted by Gasteiger charge is -2.32. The van der Waals surface area contributed by atoms with Gasteiger partial charge in [-0.2, -0.15) is 5.26 Å². The van der Waals surface area contributed by atoms with Gasteiger partial charge in [0.2, 0.25) is 0 Å². The van der Waals surface area contributed by atoms with Crippen LogP contribution in [0.2, 0.25) is 0 Å².